The van der Waals surface area contributed by atoms with Crippen molar-refractivity contribution in [2.75, 3.05) is 5.75 Å². The second-order valence-electron chi connectivity index (χ2n) is 5.70. The van der Waals surface area contributed by atoms with Crippen molar-refractivity contribution in [1.82, 2.24) is 9.55 Å². The summed E-state index contributed by atoms with van der Waals surface area (Å²) in [6.45, 7) is 2.56. The Morgan fingerprint density at radius 1 is 1.46 bits per heavy atom. The van der Waals surface area contributed by atoms with E-state index in [0.29, 0.717) is 17.3 Å². The summed E-state index contributed by atoms with van der Waals surface area (Å²) in [6.07, 6.45) is 0. The van der Waals surface area contributed by atoms with Crippen molar-refractivity contribution in [3.8, 4) is 11.9 Å². The van der Waals surface area contributed by atoms with Gasteiger partial charge < -0.3 is 10.5 Å². The Bertz CT molecular complexity index is 987. The Morgan fingerprint density at radius 3 is 3.00 bits per heavy atom. The van der Waals surface area contributed by atoms with Gasteiger partial charge >= 0.3 is 0 Å². The molecule has 2 aromatic rings. The maximum Gasteiger partial charge on any atom is 0.262 e. The van der Waals surface area contributed by atoms with Crippen LogP contribution in [0.1, 0.15) is 22.6 Å². The van der Waals surface area contributed by atoms with E-state index in [1.165, 1.54) is 11.8 Å². The van der Waals surface area contributed by atoms with Gasteiger partial charge in [0, 0.05) is 12.3 Å². The molecule has 120 valence electrons. The van der Waals surface area contributed by atoms with Gasteiger partial charge in [-0.1, -0.05) is 36.0 Å². The third kappa shape index (κ3) is 2.03. The zero-order valence-electron chi connectivity index (χ0n) is 12.9. The molecule has 0 bridgehead atoms. The number of thioether (sulfide) groups is 1. The number of aromatic nitrogens is 2. The van der Waals surface area contributed by atoms with Crippen LogP contribution in [0.5, 0.6) is 5.88 Å². The van der Waals surface area contributed by atoms with E-state index in [2.05, 4.69) is 11.1 Å². The third-order valence-corrected chi connectivity index (χ3v) is 5.31. The zero-order valence-corrected chi connectivity index (χ0v) is 13.8. The quantitative estimate of drug-likeness (QED) is 0.798. The van der Waals surface area contributed by atoms with Crippen LogP contribution in [0, 0.1) is 18.3 Å². The van der Waals surface area contributed by atoms with Crippen LogP contribution >= 0.6 is 11.8 Å². The number of benzene rings is 1. The van der Waals surface area contributed by atoms with Crippen LogP contribution in [-0.4, -0.2) is 15.3 Å². The number of nitrogens with two attached hydrogens (primary N) is 1. The van der Waals surface area contributed by atoms with Gasteiger partial charge in [-0.05, 0) is 18.1 Å². The molecule has 7 heteroatoms. The highest BCUT2D eigenvalue weighted by Crippen LogP contribution is 2.41. The van der Waals surface area contributed by atoms with Crippen LogP contribution in [0.3, 0.4) is 0 Å². The van der Waals surface area contributed by atoms with Crippen molar-refractivity contribution < 1.29 is 4.74 Å². The average molecular weight is 338 g/mol. The van der Waals surface area contributed by atoms with Crippen LogP contribution in [0.2, 0.25) is 0 Å². The average Bonchev–Trinajstić information content (AvgIpc) is 3.03. The molecule has 24 heavy (non-hydrogen) atoms. The molecule has 3 heterocycles. The molecular formula is C17H14N4O2S. The van der Waals surface area contributed by atoms with Crippen LogP contribution in [-0.2, 0) is 6.54 Å². The van der Waals surface area contributed by atoms with E-state index in [4.69, 9.17) is 10.5 Å². The van der Waals surface area contributed by atoms with Gasteiger partial charge in [-0.25, -0.2) is 0 Å². The lowest BCUT2D eigenvalue weighted by Gasteiger charge is -2.26. The van der Waals surface area contributed by atoms with Crippen LogP contribution in [0.15, 0.2) is 45.7 Å². The number of allylic oxidation sites excluding steroid dienone is 1. The maximum atomic E-state index is 13.0. The summed E-state index contributed by atoms with van der Waals surface area (Å²) >= 11 is 1.51. The van der Waals surface area contributed by atoms with Gasteiger partial charge in [0.2, 0.25) is 11.8 Å². The monoisotopic (exact) mass is 338 g/mol. The first-order chi connectivity index (χ1) is 11.6. The lowest BCUT2D eigenvalue weighted by molar-refractivity contribution is 0.365. The zero-order chi connectivity index (χ0) is 16.8. The highest BCUT2D eigenvalue weighted by Gasteiger charge is 2.37. The number of nitrogens with zero attached hydrogens (tertiary/aromatic N) is 3. The molecule has 0 aliphatic carbocycles. The Hall–Kier alpha value is -2.72. The normalized spacial score (nSPS) is 18.6. The molecule has 2 aliphatic heterocycles. The van der Waals surface area contributed by atoms with Crippen molar-refractivity contribution in [3.63, 3.8) is 0 Å². The predicted octanol–water partition coefficient (Wildman–Crippen LogP) is 1.88. The highest BCUT2D eigenvalue weighted by molar-refractivity contribution is 7.99. The summed E-state index contributed by atoms with van der Waals surface area (Å²) in [5, 5.41) is 10.2. The third-order valence-electron chi connectivity index (χ3n) is 4.35. The molecule has 0 spiro atoms. The predicted molar refractivity (Wildman–Crippen MR) is 89.7 cm³/mol. The minimum atomic E-state index is -0.552. The number of hydrogen-bond donors (Lipinski definition) is 1. The molecule has 2 N–H and O–H groups in total. The standard InChI is InChI=1S/C17H14N4O2S/c1-9-4-2-3-5-10(9)12-11(8-18)14(19)23-15-13(12)16(22)21-6-7-24-17(21)20-15/h2-5,12H,6-7,19H2,1H3. The molecule has 1 atom stereocenters. The fourth-order valence-electron chi connectivity index (χ4n) is 3.18. The number of fused-ring (bicyclic) bond motifs is 2. The van der Waals surface area contributed by atoms with Gasteiger partial charge in [0.25, 0.3) is 5.56 Å². The first-order valence-electron chi connectivity index (χ1n) is 7.52. The van der Waals surface area contributed by atoms with Gasteiger partial charge in [0.05, 0.1) is 11.5 Å². The van der Waals surface area contributed by atoms with E-state index < -0.39 is 5.92 Å². The second kappa shape index (κ2) is 5.42. The molecular weight excluding hydrogens is 324 g/mol. The van der Waals surface area contributed by atoms with Gasteiger partial charge in [-0.15, -0.1) is 0 Å². The Kier molecular flexibility index (Phi) is 3.36. The fourth-order valence-corrected chi connectivity index (χ4v) is 4.11. The molecule has 0 fully saturated rings. The molecule has 1 aromatic heterocycles. The fraction of sp³-hybridized carbons (Fsp3) is 0.235. The smallest absolute Gasteiger partial charge is 0.262 e. The van der Waals surface area contributed by atoms with E-state index in [-0.39, 0.29) is 22.9 Å². The minimum Gasteiger partial charge on any atom is -0.422 e. The lowest BCUT2D eigenvalue weighted by Crippen LogP contribution is -2.32. The molecule has 0 amide bonds. The molecule has 4 rings (SSSR count). The van der Waals surface area contributed by atoms with Gasteiger partial charge in [-0.2, -0.15) is 10.2 Å². The van der Waals surface area contributed by atoms with Crippen molar-refractivity contribution in [2.24, 2.45) is 5.73 Å². The largest absolute Gasteiger partial charge is 0.422 e. The Morgan fingerprint density at radius 2 is 2.25 bits per heavy atom. The number of aryl methyl sites for hydroxylation is 1. The molecule has 1 unspecified atom stereocenters. The highest BCUT2D eigenvalue weighted by atomic mass is 32.2. The van der Waals surface area contributed by atoms with Crippen molar-refractivity contribution in [2.45, 2.75) is 24.5 Å². The first kappa shape index (κ1) is 14.8. The SMILES string of the molecule is Cc1ccccc1C1C(C#N)=C(N)Oc2nc3n(c(=O)c21)CCS3. The van der Waals surface area contributed by atoms with Crippen LogP contribution in [0.25, 0.3) is 0 Å². The maximum absolute atomic E-state index is 13.0. The molecule has 6 nitrogen and oxygen atoms in total. The Balaban J connectivity index is 2.04. The molecule has 1 aromatic carbocycles. The second-order valence-corrected chi connectivity index (χ2v) is 6.76. The summed E-state index contributed by atoms with van der Waals surface area (Å²) in [4.78, 5) is 17.5. The first-order valence-corrected chi connectivity index (χ1v) is 8.51. The molecule has 0 radical (unpaired) electrons. The minimum absolute atomic E-state index is 0.0121. The number of rotatable bonds is 1. The van der Waals surface area contributed by atoms with Crippen molar-refractivity contribution in [1.29, 1.82) is 5.26 Å². The molecule has 0 saturated carbocycles. The van der Waals surface area contributed by atoms with E-state index in [1.807, 2.05) is 31.2 Å². The van der Waals surface area contributed by atoms with Crippen molar-refractivity contribution in [3.05, 3.63) is 62.8 Å². The van der Waals surface area contributed by atoms with Crippen LogP contribution < -0.4 is 16.0 Å². The topological polar surface area (TPSA) is 93.9 Å². The number of ether oxygens (including phenoxy) is 1. The summed E-state index contributed by atoms with van der Waals surface area (Å²) in [5.41, 5.74) is 8.29. The summed E-state index contributed by atoms with van der Waals surface area (Å²) in [6, 6.07) is 9.78. The van der Waals surface area contributed by atoms with E-state index >= 15 is 0 Å². The van der Waals surface area contributed by atoms with Gasteiger partial charge in [0.1, 0.15) is 11.6 Å². The van der Waals surface area contributed by atoms with Crippen LogP contribution in [0.4, 0.5) is 0 Å². The number of nitriles is 1. The van der Waals surface area contributed by atoms with E-state index in [0.717, 1.165) is 16.9 Å². The van der Waals surface area contributed by atoms with Crippen molar-refractivity contribution >= 4 is 11.8 Å². The summed E-state index contributed by atoms with van der Waals surface area (Å²) in [7, 11) is 0. The van der Waals surface area contributed by atoms with Gasteiger partial charge in [0.15, 0.2) is 5.16 Å². The van der Waals surface area contributed by atoms with Gasteiger partial charge in [-0.3, -0.25) is 9.36 Å². The van der Waals surface area contributed by atoms with E-state index in [9.17, 15) is 10.1 Å². The Labute approximate surface area is 142 Å². The molecule has 0 saturated heterocycles. The van der Waals surface area contributed by atoms with E-state index in [1.54, 1.807) is 4.57 Å². The number of hydrogen-bond acceptors (Lipinski definition) is 6. The summed E-state index contributed by atoms with van der Waals surface area (Å²) < 4.78 is 7.18. The lowest BCUT2D eigenvalue weighted by atomic mass is 9.83. The summed E-state index contributed by atoms with van der Waals surface area (Å²) in [5.74, 6) is 0.473. The molecule has 2 aliphatic rings.